The minimum atomic E-state index is -0.393. The van der Waals surface area contributed by atoms with Crippen molar-refractivity contribution in [2.75, 3.05) is 0 Å². The molecule has 4 heteroatoms. The fourth-order valence-electron chi connectivity index (χ4n) is 1.39. The van der Waals surface area contributed by atoms with Crippen molar-refractivity contribution >= 4 is 11.8 Å². The van der Waals surface area contributed by atoms with Crippen LogP contribution in [-0.2, 0) is 4.79 Å². The molecule has 2 aromatic carbocycles. The van der Waals surface area contributed by atoms with Gasteiger partial charge < -0.3 is 9.84 Å². The quantitative estimate of drug-likeness (QED) is 0.381. The van der Waals surface area contributed by atoms with Crippen molar-refractivity contribution in [2.45, 2.75) is 54.9 Å². The number of benzene rings is 2. The molecule has 0 atom stereocenters. The Morgan fingerprint density at radius 3 is 1.74 bits per heavy atom. The summed E-state index contributed by atoms with van der Waals surface area (Å²) in [5, 5.41) is 8.93. The van der Waals surface area contributed by atoms with Crippen LogP contribution < -0.4 is 4.74 Å². The van der Waals surface area contributed by atoms with Crippen LogP contribution in [0.5, 0.6) is 11.5 Å². The number of carbonyl (C=O) groups is 2. The van der Waals surface area contributed by atoms with Gasteiger partial charge in [0.15, 0.2) is 5.78 Å². The molecule has 0 saturated heterocycles. The molecule has 150 valence electrons. The Balaban J connectivity index is 0. The summed E-state index contributed by atoms with van der Waals surface area (Å²) in [6.07, 6.45) is 1.25. The average Bonchev–Trinajstić information content (AvgIpc) is 2.56. The highest BCUT2D eigenvalue weighted by molar-refractivity contribution is 5.93. The first-order chi connectivity index (χ1) is 12.6. The predicted octanol–water partition coefficient (Wildman–Crippen LogP) is 6.29. The molecule has 27 heavy (non-hydrogen) atoms. The van der Waals surface area contributed by atoms with Gasteiger partial charge in [0.1, 0.15) is 11.5 Å². The number of hydrogen-bond donors (Lipinski definition) is 1. The predicted molar refractivity (Wildman–Crippen MR) is 112 cm³/mol. The van der Waals surface area contributed by atoms with Crippen molar-refractivity contribution in [3.05, 3.63) is 60.2 Å². The molecule has 0 saturated carbocycles. The van der Waals surface area contributed by atoms with Gasteiger partial charge in [-0.25, -0.2) is 0 Å². The second kappa shape index (κ2) is 16.8. The highest BCUT2D eigenvalue weighted by Gasteiger charge is 1.97. The van der Waals surface area contributed by atoms with Crippen molar-refractivity contribution in [1.29, 1.82) is 0 Å². The van der Waals surface area contributed by atoms with Crippen molar-refractivity contribution < 1.29 is 19.4 Å². The van der Waals surface area contributed by atoms with E-state index in [1.807, 2.05) is 30.3 Å². The molecule has 0 amide bonds. The van der Waals surface area contributed by atoms with Gasteiger partial charge in [-0.2, -0.15) is 0 Å². The molecule has 4 nitrogen and oxygen atoms in total. The Morgan fingerprint density at radius 1 is 0.926 bits per heavy atom. The zero-order valence-electron chi connectivity index (χ0n) is 17.7. The first kappa shape index (κ1) is 26.6. The van der Waals surface area contributed by atoms with Gasteiger partial charge in [-0.05, 0) is 25.0 Å². The zero-order chi connectivity index (χ0) is 21.2. The average molecular weight is 375 g/mol. The maximum atomic E-state index is 10.6. The minimum absolute atomic E-state index is 0.0868. The third-order valence-electron chi connectivity index (χ3n) is 2.26. The Kier molecular flexibility index (Phi) is 16.6. The van der Waals surface area contributed by atoms with Crippen LogP contribution in [0.25, 0.3) is 0 Å². The maximum Gasteiger partial charge on any atom is 0.308 e. The molecule has 1 N–H and O–H groups in total. The summed E-state index contributed by atoms with van der Waals surface area (Å²) in [7, 11) is 0. The third kappa shape index (κ3) is 19.6. The molecular formula is C23H34O4. The van der Waals surface area contributed by atoms with Gasteiger partial charge in [0.25, 0.3) is 0 Å². The van der Waals surface area contributed by atoms with E-state index < -0.39 is 5.97 Å². The van der Waals surface area contributed by atoms with E-state index >= 15 is 0 Å². The van der Waals surface area contributed by atoms with Crippen LogP contribution in [0.2, 0.25) is 0 Å². The highest BCUT2D eigenvalue weighted by atomic mass is 16.5. The number of aromatic hydroxyl groups is 1. The SMILES string of the molecule is CC(=O)Oc1cccc(O)c1.CC(=O)c1ccccc1.CC(C)C.CCC. The number of Topliss-reactive ketones (excluding diaryl/α,β-unsaturated/α-hetero) is 1. The molecule has 0 aliphatic heterocycles. The molecule has 0 fully saturated rings. The lowest BCUT2D eigenvalue weighted by Crippen LogP contribution is -2.00. The number of ether oxygens (including phenoxy) is 1. The summed E-state index contributed by atoms with van der Waals surface area (Å²) in [4.78, 5) is 21.1. The van der Waals surface area contributed by atoms with Gasteiger partial charge in [0.2, 0.25) is 0 Å². The van der Waals surface area contributed by atoms with Crippen molar-refractivity contribution in [1.82, 2.24) is 0 Å². The van der Waals surface area contributed by atoms with Crippen LogP contribution in [0, 0.1) is 5.92 Å². The molecule has 0 aliphatic carbocycles. The van der Waals surface area contributed by atoms with Crippen molar-refractivity contribution in [3.8, 4) is 11.5 Å². The smallest absolute Gasteiger partial charge is 0.308 e. The second-order valence-corrected chi connectivity index (χ2v) is 6.45. The molecule has 0 unspecified atom stereocenters. The van der Waals surface area contributed by atoms with Crippen LogP contribution in [0.1, 0.15) is 65.2 Å². The number of rotatable bonds is 2. The zero-order valence-corrected chi connectivity index (χ0v) is 17.7. The van der Waals surface area contributed by atoms with Crippen LogP contribution in [0.3, 0.4) is 0 Å². The van der Waals surface area contributed by atoms with Crippen LogP contribution >= 0.6 is 0 Å². The standard InChI is InChI=1S/C8H8O3.C8H8O.C4H10.C3H8/c1-6(9)11-8-4-2-3-7(10)5-8;1-7(9)8-5-3-2-4-6-8;1-4(2)3;1-3-2/h2-5,10H,1H3;2-6H,1H3;4H,1-3H3;3H2,1-2H3. The monoisotopic (exact) mass is 374 g/mol. The Morgan fingerprint density at radius 2 is 1.41 bits per heavy atom. The third-order valence-corrected chi connectivity index (χ3v) is 2.26. The topological polar surface area (TPSA) is 63.6 Å². The lowest BCUT2D eigenvalue weighted by molar-refractivity contribution is -0.131. The molecule has 0 spiro atoms. The number of hydrogen-bond acceptors (Lipinski definition) is 4. The summed E-state index contributed by atoms with van der Waals surface area (Å²) in [6, 6.07) is 15.3. The van der Waals surface area contributed by atoms with Gasteiger partial charge in [-0.15, -0.1) is 0 Å². The molecule has 2 rings (SSSR count). The fraction of sp³-hybridized carbons (Fsp3) is 0.391. The van der Waals surface area contributed by atoms with E-state index in [1.165, 1.54) is 25.5 Å². The molecule has 0 aromatic heterocycles. The van der Waals surface area contributed by atoms with Gasteiger partial charge in [-0.3, -0.25) is 9.59 Å². The first-order valence-corrected chi connectivity index (χ1v) is 9.17. The summed E-state index contributed by atoms with van der Waals surface area (Å²) in [5.41, 5.74) is 0.775. The number of esters is 1. The Hall–Kier alpha value is -2.62. The lowest BCUT2D eigenvalue weighted by Gasteiger charge is -1.99. The molecule has 2 aromatic rings. The first-order valence-electron chi connectivity index (χ1n) is 9.17. The summed E-state index contributed by atoms with van der Waals surface area (Å²) in [6.45, 7) is 13.6. The molecule has 0 aliphatic rings. The summed E-state index contributed by atoms with van der Waals surface area (Å²) < 4.78 is 4.70. The van der Waals surface area contributed by atoms with E-state index in [-0.39, 0.29) is 11.5 Å². The fourth-order valence-corrected chi connectivity index (χ4v) is 1.39. The second-order valence-electron chi connectivity index (χ2n) is 6.45. The summed E-state index contributed by atoms with van der Waals surface area (Å²) >= 11 is 0. The maximum absolute atomic E-state index is 10.6. The van der Waals surface area contributed by atoms with Gasteiger partial charge in [-0.1, -0.05) is 77.4 Å². The highest BCUT2D eigenvalue weighted by Crippen LogP contribution is 2.17. The number of carbonyl (C=O) groups excluding carboxylic acids is 2. The van der Waals surface area contributed by atoms with Gasteiger partial charge in [0.05, 0.1) is 0 Å². The van der Waals surface area contributed by atoms with Crippen LogP contribution in [-0.4, -0.2) is 16.9 Å². The van der Waals surface area contributed by atoms with E-state index in [9.17, 15) is 9.59 Å². The Bertz CT molecular complexity index is 631. The molecule has 0 radical (unpaired) electrons. The molecule has 0 heterocycles. The van der Waals surface area contributed by atoms with Crippen molar-refractivity contribution in [2.24, 2.45) is 5.92 Å². The normalized spacial score (nSPS) is 8.74. The van der Waals surface area contributed by atoms with E-state index in [0.29, 0.717) is 5.75 Å². The largest absolute Gasteiger partial charge is 0.508 e. The van der Waals surface area contributed by atoms with Gasteiger partial charge >= 0.3 is 5.97 Å². The van der Waals surface area contributed by atoms with E-state index in [1.54, 1.807) is 19.1 Å². The Labute approximate surface area is 164 Å². The van der Waals surface area contributed by atoms with Crippen LogP contribution in [0.4, 0.5) is 0 Å². The molecule has 0 bridgehead atoms. The van der Waals surface area contributed by atoms with E-state index in [4.69, 9.17) is 9.84 Å². The van der Waals surface area contributed by atoms with Crippen LogP contribution in [0.15, 0.2) is 54.6 Å². The minimum Gasteiger partial charge on any atom is -0.508 e. The number of phenolic OH excluding ortho intramolecular Hbond substituents is 1. The molecular weight excluding hydrogens is 340 g/mol. The van der Waals surface area contributed by atoms with Gasteiger partial charge in [0, 0.05) is 18.6 Å². The van der Waals surface area contributed by atoms with E-state index in [0.717, 1.165) is 11.5 Å². The lowest BCUT2D eigenvalue weighted by atomic mass is 10.2. The van der Waals surface area contributed by atoms with Crippen molar-refractivity contribution in [3.63, 3.8) is 0 Å². The number of phenols is 1. The van der Waals surface area contributed by atoms with E-state index in [2.05, 4.69) is 34.6 Å². The number of ketones is 1. The summed E-state index contributed by atoms with van der Waals surface area (Å²) in [5.74, 6) is 1.01.